The van der Waals surface area contributed by atoms with Gasteiger partial charge in [-0.1, -0.05) is 6.92 Å². The van der Waals surface area contributed by atoms with Crippen molar-refractivity contribution in [2.24, 2.45) is 5.92 Å². The van der Waals surface area contributed by atoms with Crippen LogP contribution >= 0.6 is 0 Å². The maximum Gasteiger partial charge on any atom is 0.216 e. The van der Waals surface area contributed by atoms with Gasteiger partial charge in [0, 0.05) is 17.3 Å². The second-order valence-corrected chi connectivity index (χ2v) is 2.26. The van der Waals surface area contributed by atoms with Gasteiger partial charge in [0.1, 0.15) is 0 Å². The Morgan fingerprint density at radius 3 is 2.62 bits per heavy atom. The maximum atomic E-state index is 9.94. The van der Waals surface area contributed by atoms with E-state index in [9.17, 15) is 10.1 Å². The van der Waals surface area contributed by atoms with Crippen molar-refractivity contribution in [3.8, 4) is 0 Å². The van der Waals surface area contributed by atoms with Gasteiger partial charge in [-0.25, -0.2) is 0 Å². The van der Waals surface area contributed by atoms with Gasteiger partial charge in [0.2, 0.25) is 6.04 Å². The Kier molecular flexibility index (Phi) is 1.19. The molecule has 0 unspecified atom stereocenters. The van der Waals surface area contributed by atoms with Crippen molar-refractivity contribution < 1.29 is 4.92 Å². The zero-order valence-electron chi connectivity index (χ0n) is 4.83. The smallest absolute Gasteiger partial charge is 0.216 e. The van der Waals surface area contributed by atoms with Crippen molar-refractivity contribution in [2.75, 3.05) is 0 Å². The van der Waals surface area contributed by atoms with Crippen molar-refractivity contribution in [2.45, 2.75) is 25.8 Å². The highest BCUT2D eigenvalue weighted by molar-refractivity contribution is 4.84. The highest BCUT2D eigenvalue weighted by Crippen LogP contribution is 2.35. The van der Waals surface area contributed by atoms with E-state index >= 15 is 0 Å². The molecule has 8 heavy (non-hydrogen) atoms. The summed E-state index contributed by atoms with van der Waals surface area (Å²) in [6.45, 7) is 1.99. The average Bonchev–Trinajstić information content (AvgIpc) is 2.42. The minimum absolute atomic E-state index is 0.172. The van der Waals surface area contributed by atoms with Gasteiger partial charge in [-0.2, -0.15) is 0 Å². The molecule has 0 saturated heterocycles. The molecule has 1 saturated carbocycles. The molecule has 0 N–H and O–H groups in total. The maximum absolute atomic E-state index is 9.94. The standard InChI is InChI=1S/C5H9NO2/c1-2-4-3-5(4)6(7)8/h4-5H,2-3H2,1H3/t4-,5-/m0/s1. The highest BCUT2D eigenvalue weighted by Gasteiger charge is 2.46. The summed E-state index contributed by atoms with van der Waals surface area (Å²) in [6, 6.07) is -0.194. The second kappa shape index (κ2) is 1.73. The van der Waals surface area contributed by atoms with Gasteiger partial charge in [-0.3, -0.25) is 10.1 Å². The largest absolute Gasteiger partial charge is 0.264 e. The number of hydrogen-bond acceptors (Lipinski definition) is 2. The summed E-state index contributed by atoms with van der Waals surface area (Å²) >= 11 is 0. The van der Waals surface area contributed by atoms with Crippen LogP contribution in [0.5, 0.6) is 0 Å². The van der Waals surface area contributed by atoms with Gasteiger partial charge in [-0.15, -0.1) is 0 Å². The zero-order chi connectivity index (χ0) is 6.15. The zero-order valence-corrected chi connectivity index (χ0v) is 4.83. The van der Waals surface area contributed by atoms with Crippen LogP contribution in [0.2, 0.25) is 0 Å². The van der Waals surface area contributed by atoms with Crippen molar-refractivity contribution in [3.05, 3.63) is 10.1 Å². The lowest BCUT2D eigenvalue weighted by Gasteiger charge is -1.84. The third-order valence-corrected chi connectivity index (χ3v) is 1.68. The molecule has 46 valence electrons. The first-order valence-electron chi connectivity index (χ1n) is 2.89. The predicted molar refractivity (Wildman–Crippen MR) is 29.2 cm³/mol. The van der Waals surface area contributed by atoms with E-state index in [0.717, 1.165) is 12.8 Å². The molecule has 1 fully saturated rings. The van der Waals surface area contributed by atoms with Crippen LogP contribution in [-0.2, 0) is 0 Å². The summed E-state index contributed by atoms with van der Waals surface area (Å²) in [5.74, 6) is 0.394. The van der Waals surface area contributed by atoms with Crippen LogP contribution in [0, 0.1) is 16.0 Å². The second-order valence-electron chi connectivity index (χ2n) is 2.26. The average molecular weight is 115 g/mol. The lowest BCUT2D eigenvalue weighted by Crippen LogP contribution is -2.02. The Hall–Kier alpha value is -0.600. The minimum atomic E-state index is -0.194. The molecule has 1 rings (SSSR count). The summed E-state index contributed by atoms with van der Waals surface area (Å²) in [4.78, 5) is 9.76. The molecule has 0 heterocycles. The van der Waals surface area contributed by atoms with Crippen LogP contribution in [0.1, 0.15) is 19.8 Å². The van der Waals surface area contributed by atoms with Gasteiger partial charge >= 0.3 is 0 Å². The van der Waals surface area contributed by atoms with E-state index in [1.54, 1.807) is 0 Å². The fourth-order valence-electron chi connectivity index (χ4n) is 0.929. The van der Waals surface area contributed by atoms with E-state index in [-0.39, 0.29) is 11.0 Å². The Morgan fingerprint density at radius 1 is 1.88 bits per heavy atom. The van der Waals surface area contributed by atoms with Gasteiger partial charge in [0.15, 0.2) is 0 Å². The van der Waals surface area contributed by atoms with Crippen molar-refractivity contribution in [1.29, 1.82) is 0 Å². The molecule has 0 aromatic rings. The molecule has 0 spiro atoms. The van der Waals surface area contributed by atoms with E-state index in [1.807, 2.05) is 6.92 Å². The third kappa shape index (κ3) is 0.804. The molecule has 3 heteroatoms. The fourth-order valence-corrected chi connectivity index (χ4v) is 0.929. The predicted octanol–water partition coefficient (Wildman–Crippen LogP) is 1.06. The van der Waals surface area contributed by atoms with Crippen LogP contribution in [-0.4, -0.2) is 11.0 Å². The molecule has 0 amide bonds. The quantitative estimate of drug-likeness (QED) is 0.399. The van der Waals surface area contributed by atoms with Crippen LogP contribution in [0.3, 0.4) is 0 Å². The van der Waals surface area contributed by atoms with Crippen LogP contribution in [0.15, 0.2) is 0 Å². The number of nitro groups is 1. The van der Waals surface area contributed by atoms with E-state index in [2.05, 4.69) is 0 Å². The molecule has 0 aromatic carbocycles. The summed E-state index contributed by atoms with van der Waals surface area (Å²) in [7, 11) is 0. The van der Waals surface area contributed by atoms with Gasteiger partial charge in [0.25, 0.3) is 0 Å². The monoisotopic (exact) mass is 115 g/mol. The Labute approximate surface area is 47.8 Å². The van der Waals surface area contributed by atoms with Crippen LogP contribution in [0.25, 0.3) is 0 Å². The molecule has 0 bridgehead atoms. The Morgan fingerprint density at radius 2 is 2.50 bits per heavy atom. The van der Waals surface area contributed by atoms with Gasteiger partial charge in [-0.05, 0) is 6.42 Å². The SMILES string of the molecule is CC[C@H]1C[C@@H]1[N+](=O)[O-]. The molecule has 0 radical (unpaired) electrons. The van der Waals surface area contributed by atoms with Gasteiger partial charge in [0.05, 0.1) is 0 Å². The number of nitrogens with zero attached hydrogens (tertiary/aromatic N) is 1. The molecular weight excluding hydrogens is 106 g/mol. The first-order chi connectivity index (χ1) is 3.75. The van der Waals surface area contributed by atoms with E-state index in [0.29, 0.717) is 5.92 Å². The Bertz CT molecular complexity index is 113. The molecule has 0 aromatic heterocycles. The van der Waals surface area contributed by atoms with Crippen LogP contribution in [0.4, 0.5) is 0 Å². The van der Waals surface area contributed by atoms with Gasteiger partial charge < -0.3 is 0 Å². The summed E-state index contributed by atoms with van der Waals surface area (Å²) in [5, 5.41) is 9.94. The van der Waals surface area contributed by atoms with Crippen molar-refractivity contribution in [3.63, 3.8) is 0 Å². The number of rotatable bonds is 2. The normalized spacial score (nSPS) is 34.6. The molecule has 1 aliphatic carbocycles. The van der Waals surface area contributed by atoms with Crippen LogP contribution < -0.4 is 0 Å². The molecule has 1 aliphatic rings. The summed E-state index contributed by atoms with van der Waals surface area (Å²) in [5.41, 5.74) is 0. The first-order valence-corrected chi connectivity index (χ1v) is 2.89. The van der Waals surface area contributed by atoms with Crippen molar-refractivity contribution in [1.82, 2.24) is 0 Å². The topological polar surface area (TPSA) is 43.1 Å². The van der Waals surface area contributed by atoms with E-state index in [1.165, 1.54) is 0 Å². The molecule has 3 nitrogen and oxygen atoms in total. The summed E-state index contributed by atoms with van der Waals surface area (Å²) < 4.78 is 0. The molecular formula is C5H9NO2. The first kappa shape index (κ1) is 5.54. The highest BCUT2D eigenvalue weighted by atomic mass is 16.6. The minimum Gasteiger partial charge on any atom is -0.264 e. The fraction of sp³-hybridized carbons (Fsp3) is 1.00. The lowest BCUT2D eigenvalue weighted by atomic mass is 10.3. The van der Waals surface area contributed by atoms with E-state index < -0.39 is 0 Å². The molecule has 0 aliphatic heterocycles. The van der Waals surface area contributed by atoms with Crippen molar-refractivity contribution >= 4 is 0 Å². The molecule has 2 atom stereocenters. The lowest BCUT2D eigenvalue weighted by molar-refractivity contribution is -0.498. The Balaban J connectivity index is 2.26. The number of hydrogen-bond donors (Lipinski definition) is 0. The van der Waals surface area contributed by atoms with E-state index in [4.69, 9.17) is 0 Å². The third-order valence-electron chi connectivity index (χ3n) is 1.68. The summed E-state index contributed by atoms with van der Waals surface area (Å²) in [6.07, 6.45) is 1.77.